The molecule has 0 radical (unpaired) electrons. The monoisotopic (exact) mass is 300 g/mol. The number of hydrogen-bond acceptors (Lipinski definition) is 4. The fourth-order valence-electron chi connectivity index (χ4n) is 2.90. The van der Waals surface area contributed by atoms with Crippen molar-refractivity contribution in [3.8, 4) is 0 Å². The summed E-state index contributed by atoms with van der Waals surface area (Å²) in [7, 11) is -0.459. The van der Waals surface area contributed by atoms with Crippen molar-refractivity contribution >= 4 is 10.0 Å². The molecule has 1 aliphatic rings. The third-order valence-corrected chi connectivity index (χ3v) is 5.39. The van der Waals surface area contributed by atoms with Crippen LogP contribution in [-0.2, 0) is 16.6 Å². The predicted octanol–water partition coefficient (Wildman–Crippen LogP) is 2.01. The van der Waals surface area contributed by atoms with E-state index >= 15 is 0 Å². The molecule has 0 aromatic carbocycles. The summed E-state index contributed by atoms with van der Waals surface area (Å²) in [6, 6.07) is 3.31. The van der Waals surface area contributed by atoms with Crippen LogP contribution in [0.2, 0.25) is 0 Å². The Morgan fingerprint density at radius 1 is 1.25 bits per heavy atom. The first-order valence-corrected chi connectivity index (χ1v) is 8.46. The highest BCUT2D eigenvalue weighted by molar-refractivity contribution is 7.88. The smallest absolute Gasteiger partial charge is 0.275 e. The Bertz CT molecular complexity index is 541. The summed E-state index contributed by atoms with van der Waals surface area (Å²) in [5.74, 6) is 2.07. The van der Waals surface area contributed by atoms with E-state index < -0.39 is 10.0 Å². The first-order valence-electron chi connectivity index (χ1n) is 7.02. The predicted molar refractivity (Wildman–Crippen MR) is 77.8 cm³/mol. The number of likely N-dealkylation sites (tertiary alicyclic amines) is 1. The minimum absolute atomic E-state index is 0.0237. The Hall–Kier alpha value is -0.850. The molecule has 0 saturated carbocycles. The lowest BCUT2D eigenvalue weighted by Gasteiger charge is -2.34. The summed E-state index contributed by atoms with van der Waals surface area (Å²) in [4.78, 5) is 2.34. The van der Waals surface area contributed by atoms with Gasteiger partial charge in [-0.2, -0.15) is 0 Å². The van der Waals surface area contributed by atoms with Crippen molar-refractivity contribution in [3.63, 3.8) is 0 Å². The van der Waals surface area contributed by atoms with Crippen molar-refractivity contribution < 1.29 is 12.8 Å². The first-order chi connectivity index (χ1) is 9.29. The molecular formula is C14H24N2O3S. The lowest BCUT2D eigenvalue weighted by atomic mass is 9.92. The van der Waals surface area contributed by atoms with E-state index in [2.05, 4.69) is 18.7 Å². The standard InChI is InChI=1S/C14H24N2O3S/c1-11-7-12(2)9-16(8-11)10-13-5-6-14(19-13)20(17,18)15(3)4/h5-6,11-12H,7-10H2,1-4H3. The van der Waals surface area contributed by atoms with Crippen LogP contribution in [0.5, 0.6) is 0 Å². The van der Waals surface area contributed by atoms with Crippen molar-refractivity contribution in [2.75, 3.05) is 27.2 Å². The fraction of sp³-hybridized carbons (Fsp3) is 0.714. The van der Waals surface area contributed by atoms with Crippen molar-refractivity contribution in [2.24, 2.45) is 11.8 Å². The third kappa shape index (κ3) is 3.42. The molecule has 0 bridgehead atoms. The van der Waals surface area contributed by atoms with Gasteiger partial charge in [0.15, 0.2) is 0 Å². The molecule has 20 heavy (non-hydrogen) atoms. The number of sulfonamides is 1. The van der Waals surface area contributed by atoms with E-state index in [4.69, 9.17) is 4.42 Å². The van der Waals surface area contributed by atoms with Crippen molar-refractivity contribution in [1.82, 2.24) is 9.21 Å². The van der Waals surface area contributed by atoms with E-state index in [-0.39, 0.29) is 5.09 Å². The third-order valence-electron chi connectivity index (χ3n) is 3.70. The van der Waals surface area contributed by atoms with Crippen LogP contribution < -0.4 is 0 Å². The van der Waals surface area contributed by atoms with E-state index in [0.29, 0.717) is 24.1 Å². The minimum Gasteiger partial charge on any atom is -0.447 e. The molecule has 1 aromatic heterocycles. The maximum atomic E-state index is 12.0. The molecule has 0 N–H and O–H groups in total. The van der Waals surface area contributed by atoms with Gasteiger partial charge in [-0.3, -0.25) is 4.90 Å². The maximum absolute atomic E-state index is 12.0. The topological polar surface area (TPSA) is 53.8 Å². The molecule has 0 amide bonds. The van der Waals surface area contributed by atoms with Crippen molar-refractivity contribution in [2.45, 2.75) is 31.9 Å². The summed E-state index contributed by atoms with van der Waals surface area (Å²) >= 11 is 0. The molecule has 0 aliphatic carbocycles. The van der Waals surface area contributed by atoms with Crippen molar-refractivity contribution in [1.29, 1.82) is 0 Å². The normalized spacial score (nSPS) is 25.2. The molecule has 2 rings (SSSR count). The van der Waals surface area contributed by atoms with Gasteiger partial charge in [0.1, 0.15) is 5.76 Å². The van der Waals surface area contributed by atoms with Gasteiger partial charge in [0.05, 0.1) is 6.54 Å². The molecule has 2 heterocycles. The molecule has 2 unspecified atom stereocenters. The van der Waals surface area contributed by atoms with Crippen LogP contribution in [0, 0.1) is 11.8 Å². The minimum atomic E-state index is -3.47. The maximum Gasteiger partial charge on any atom is 0.275 e. The lowest BCUT2D eigenvalue weighted by Crippen LogP contribution is -2.38. The Kier molecular flexibility index (Phi) is 4.56. The number of furan rings is 1. The number of rotatable bonds is 4. The molecule has 6 heteroatoms. The van der Waals surface area contributed by atoms with Crippen LogP contribution in [0.3, 0.4) is 0 Å². The van der Waals surface area contributed by atoms with Gasteiger partial charge in [-0.25, -0.2) is 12.7 Å². The fourth-order valence-corrected chi connectivity index (χ4v) is 3.72. The van der Waals surface area contributed by atoms with Crippen molar-refractivity contribution in [3.05, 3.63) is 17.9 Å². The Balaban J connectivity index is 2.07. The SMILES string of the molecule is CC1CC(C)CN(Cc2ccc(S(=O)(=O)N(C)C)o2)C1. The largest absolute Gasteiger partial charge is 0.447 e. The zero-order valence-electron chi connectivity index (χ0n) is 12.7. The second kappa shape index (κ2) is 5.87. The highest BCUT2D eigenvalue weighted by Crippen LogP contribution is 2.24. The van der Waals surface area contributed by atoms with Crippen LogP contribution in [0.25, 0.3) is 0 Å². The second-order valence-corrected chi connectivity index (χ2v) is 8.23. The van der Waals surface area contributed by atoms with E-state index in [1.807, 2.05) is 0 Å². The number of piperidine rings is 1. The first kappa shape index (κ1) is 15.5. The summed E-state index contributed by atoms with van der Waals surface area (Å²) in [5.41, 5.74) is 0. The summed E-state index contributed by atoms with van der Waals surface area (Å²) in [6.07, 6.45) is 1.26. The second-order valence-electron chi connectivity index (χ2n) is 6.15. The average Bonchev–Trinajstić information content (AvgIpc) is 2.76. The van der Waals surface area contributed by atoms with Gasteiger partial charge in [-0.05, 0) is 30.4 Å². The van der Waals surface area contributed by atoms with Crippen LogP contribution in [-0.4, -0.2) is 44.8 Å². The highest BCUT2D eigenvalue weighted by Gasteiger charge is 2.25. The van der Waals surface area contributed by atoms with Gasteiger partial charge in [0.2, 0.25) is 5.09 Å². The molecule has 114 valence electrons. The van der Waals surface area contributed by atoms with Gasteiger partial charge >= 0.3 is 0 Å². The molecule has 2 atom stereocenters. The van der Waals surface area contributed by atoms with Gasteiger partial charge < -0.3 is 4.42 Å². The molecule has 0 spiro atoms. The highest BCUT2D eigenvalue weighted by atomic mass is 32.2. The molecule has 1 fully saturated rings. The van der Waals surface area contributed by atoms with E-state index in [0.717, 1.165) is 13.1 Å². The number of nitrogens with zero attached hydrogens (tertiary/aromatic N) is 2. The van der Waals surface area contributed by atoms with E-state index in [1.165, 1.54) is 24.8 Å². The van der Waals surface area contributed by atoms with Gasteiger partial charge in [-0.1, -0.05) is 13.8 Å². The van der Waals surface area contributed by atoms with Crippen LogP contribution in [0.15, 0.2) is 21.6 Å². The van der Waals surface area contributed by atoms with Crippen LogP contribution in [0.1, 0.15) is 26.0 Å². The zero-order valence-corrected chi connectivity index (χ0v) is 13.5. The zero-order chi connectivity index (χ0) is 14.9. The van der Waals surface area contributed by atoms with Gasteiger partial charge in [0, 0.05) is 27.2 Å². The summed E-state index contributed by atoms with van der Waals surface area (Å²) in [5, 5.41) is 0.0237. The molecular weight excluding hydrogens is 276 g/mol. The molecule has 1 aromatic rings. The Labute approximate surface area is 121 Å². The van der Waals surface area contributed by atoms with Crippen LogP contribution in [0.4, 0.5) is 0 Å². The summed E-state index contributed by atoms with van der Waals surface area (Å²) in [6.45, 7) is 7.28. The Morgan fingerprint density at radius 2 is 1.85 bits per heavy atom. The Morgan fingerprint density at radius 3 is 2.40 bits per heavy atom. The van der Waals surface area contributed by atoms with Crippen LogP contribution >= 0.6 is 0 Å². The lowest BCUT2D eigenvalue weighted by molar-refractivity contribution is 0.124. The van der Waals surface area contributed by atoms with Gasteiger partial charge in [0.25, 0.3) is 10.0 Å². The quantitative estimate of drug-likeness (QED) is 0.853. The molecule has 1 aliphatic heterocycles. The number of hydrogen-bond donors (Lipinski definition) is 0. The summed E-state index contributed by atoms with van der Waals surface area (Å²) < 4.78 is 30.6. The molecule has 5 nitrogen and oxygen atoms in total. The van der Waals surface area contributed by atoms with E-state index in [1.54, 1.807) is 12.1 Å². The average molecular weight is 300 g/mol. The van der Waals surface area contributed by atoms with Gasteiger partial charge in [-0.15, -0.1) is 0 Å². The van der Waals surface area contributed by atoms with E-state index in [9.17, 15) is 8.42 Å². The molecule has 1 saturated heterocycles.